The fraction of sp³-hybridized carbons (Fsp3) is 0.417. The molecule has 1 amide bonds. The lowest BCUT2D eigenvalue weighted by Crippen LogP contribution is -2.33. The van der Waals surface area contributed by atoms with E-state index in [4.69, 9.17) is 0 Å². The number of benzene rings is 1. The molecule has 0 spiro atoms. The Bertz CT molecular complexity index is 300. The minimum Gasteiger partial charge on any atom is -0.353 e. The number of amides is 1. The van der Waals surface area contributed by atoms with Gasteiger partial charge in [0, 0.05) is 6.04 Å². The van der Waals surface area contributed by atoms with Crippen LogP contribution in [-0.4, -0.2) is 17.7 Å². The molecule has 1 aromatic rings. The molecule has 0 radical (unpaired) electrons. The summed E-state index contributed by atoms with van der Waals surface area (Å²) in [6.07, 6.45) is 1.96. The molecule has 82 valence electrons. The number of hydrogen-bond acceptors (Lipinski definition) is 2. The third kappa shape index (κ3) is 4.88. The lowest BCUT2D eigenvalue weighted by Gasteiger charge is -2.12. The third-order valence-corrected chi connectivity index (χ3v) is 2.55. The van der Waals surface area contributed by atoms with Crippen LogP contribution in [0.2, 0.25) is 0 Å². The Morgan fingerprint density at radius 2 is 2.07 bits per heavy atom. The average Bonchev–Trinajstić information content (AvgIpc) is 2.27. The summed E-state index contributed by atoms with van der Waals surface area (Å²) in [7, 11) is 0. The quantitative estimate of drug-likeness (QED) is 0.735. The monoisotopic (exact) mass is 223 g/mol. The molecule has 0 saturated carbocycles. The van der Waals surface area contributed by atoms with Crippen molar-refractivity contribution >= 4 is 18.5 Å². The first-order valence-electron chi connectivity index (χ1n) is 5.16. The fourth-order valence-corrected chi connectivity index (χ4v) is 1.51. The van der Waals surface area contributed by atoms with E-state index in [1.54, 1.807) is 0 Å². The van der Waals surface area contributed by atoms with Gasteiger partial charge in [0.05, 0.1) is 5.75 Å². The predicted octanol–water partition coefficient (Wildman–Crippen LogP) is 2.05. The summed E-state index contributed by atoms with van der Waals surface area (Å²) in [6.45, 7) is 2.02. The van der Waals surface area contributed by atoms with Gasteiger partial charge in [0.2, 0.25) is 5.91 Å². The van der Waals surface area contributed by atoms with Gasteiger partial charge < -0.3 is 5.32 Å². The van der Waals surface area contributed by atoms with E-state index in [0.717, 1.165) is 12.8 Å². The Labute approximate surface area is 96.5 Å². The second-order valence-electron chi connectivity index (χ2n) is 3.65. The van der Waals surface area contributed by atoms with Crippen LogP contribution in [0.4, 0.5) is 0 Å². The molecule has 1 atom stereocenters. The van der Waals surface area contributed by atoms with Crippen molar-refractivity contribution in [3.8, 4) is 0 Å². The zero-order chi connectivity index (χ0) is 11.1. The van der Waals surface area contributed by atoms with Crippen molar-refractivity contribution in [1.29, 1.82) is 0 Å². The van der Waals surface area contributed by atoms with Crippen LogP contribution in [0.25, 0.3) is 0 Å². The summed E-state index contributed by atoms with van der Waals surface area (Å²) in [4.78, 5) is 11.0. The van der Waals surface area contributed by atoms with Gasteiger partial charge >= 0.3 is 0 Å². The molecule has 15 heavy (non-hydrogen) atoms. The molecule has 0 aliphatic heterocycles. The van der Waals surface area contributed by atoms with Gasteiger partial charge in [-0.25, -0.2) is 0 Å². The van der Waals surface area contributed by atoms with Crippen LogP contribution in [-0.2, 0) is 11.2 Å². The van der Waals surface area contributed by atoms with Crippen molar-refractivity contribution in [2.75, 3.05) is 5.75 Å². The van der Waals surface area contributed by atoms with Crippen molar-refractivity contribution in [1.82, 2.24) is 5.32 Å². The van der Waals surface area contributed by atoms with Crippen LogP contribution >= 0.6 is 12.6 Å². The van der Waals surface area contributed by atoms with Crippen molar-refractivity contribution in [2.24, 2.45) is 0 Å². The second kappa shape index (κ2) is 6.51. The van der Waals surface area contributed by atoms with Crippen LogP contribution in [0, 0.1) is 0 Å². The lowest BCUT2D eigenvalue weighted by molar-refractivity contribution is -0.119. The van der Waals surface area contributed by atoms with E-state index >= 15 is 0 Å². The normalized spacial score (nSPS) is 12.1. The topological polar surface area (TPSA) is 29.1 Å². The highest BCUT2D eigenvalue weighted by Crippen LogP contribution is 2.04. The van der Waals surface area contributed by atoms with Gasteiger partial charge in [-0.1, -0.05) is 30.3 Å². The highest BCUT2D eigenvalue weighted by molar-refractivity contribution is 7.81. The maximum absolute atomic E-state index is 11.0. The van der Waals surface area contributed by atoms with Gasteiger partial charge in [-0.2, -0.15) is 12.6 Å². The second-order valence-corrected chi connectivity index (χ2v) is 3.97. The van der Waals surface area contributed by atoms with Crippen LogP contribution in [0.3, 0.4) is 0 Å². The molecule has 0 aromatic heterocycles. The summed E-state index contributed by atoms with van der Waals surface area (Å²) < 4.78 is 0. The van der Waals surface area contributed by atoms with E-state index in [-0.39, 0.29) is 17.7 Å². The maximum Gasteiger partial charge on any atom is 0.229 e. The average molecular weight is 223 g/mol. The molecule has 3 heteroatoms. The first-order chi connectivity index (χ1) is 7.22. The molecule has 1 aromatic carbocycles. The maximum atomic E-state index is 11.0. The van der Waals surface area contributed by atoms with E-state index in [1.807, 2.05) is 25.1 Å². The molecule has 1 unspecified atom stereocenters. The molecule has 0 bridgehead atoms. The molecule has 0 heterocycles. The van der Waals surface area contributed by atoms with E-state index in [9.17, 15) is 4.79 Å². The molecule has 0 aliphatic rings. The van der Waals surface area contributed by atoms with Crippen molar-refractivity contribution < 1.29 is 4.79 Å². The Morgan fingerprint density at radius 3 is 2.67 bits per heavy atom. The Kier molecular flexibility index (Phi) is 5.26. The number of thiol groups is 1. The summed E-state index contributed by atoms with van der Waals surface area (Å²) in [6, 6.07) is 10.5. The van der Waals surface area contributed by atoms with E-state index in [1.165, 1.54) is 5.56 Å². The van der Waals surface area contributed by atoms with Crippen LogP contribution in [0.1, 0.15) is 18.9 Å². The molecule has 0 saturated heterocycles. The number of hydrogen-bond donors (Lipinski definition) is 2. The van der Waals surface area contributed by atoms with E-state index < -0.39 is 0 Å². The summed E-state index contributed by atoms with van der Waals surface area (Å²) in [5, 5.41) is 2.88. The lowest BCUT2D eigenvalue weighted by atomic mass is 10.1. The minimum absolute atomic E-state index is 0.00102. The third-order valence-electron chi connectivity index (χ3n) is 2.26. The molecule has 0 aliphatic carbocycles. The van der Waals surface area contributed by atoms with Crippen LogP contribution in [0.5, 0.6) is 0 Å². The smallest absolute Gasteiger partial charge is 0.229 e. The Morgan fingerprint density at radius 1 is 1.40 bits per heavy atom. The molecular weight excluding hydrogens is 206 g/mol. The standard InChI is InChI=1S/C12H17NOS/c1-10(13-12(14)9-15)7-8-11-5-3-2-4-6-11/h2-6,10,15H,7-9H2,1H3,(H,13,14). The highest BCUT2D eigenvalue weighted by Gasteiger charge is 2.05. The van der Waals surface area contributed by atoms with Gasteiger partial charge in [-0.3, -0.25) is 4.79 Å². The van der Waals surface area contributed by atoms with Gasteiger partial charge in [-0.05, 0) is 25.3 Å². The highest BCUT2D eigenvalue weighted by atomic mass is 32.1. The van der Waals surface area contributed by atoms with Gasteiger partial charge in [0.1, 0.15) is 0 Å². The minimum atomic E-state index is -0.00102. The SMILES string of the molecule is CC(CCc1ccccc1)NC(=O)CS. The Hall–Kier alpha value is -0.960. The molecule has 2 nitrogen and oxygen atoms in total. The van der Waals surface area contributed by atoms with Crippen LogP contribution in [0.15, 0.2) is 30.3 Å². The molecule has 1 rings (SSSR count). The van der Waals surface area contributed by atoms with Crippen molar-refractivity contribution in [3.05, 3.63) is 35.9 Å². The fourth-order valence-electron chi connectivity index (χ4n) is 1.42. The van der Waals surface area contributed by atoms with Gasteiger partial charge in [0.25, 0.3) is 0 Å². The van der Waals surface area contributed by atoms with Gasteiger partial charge in [0.15, 0.2) is 0 Å². The number of nitrogens with one attached hydrogen (secondary N) is 1. The molecule has 1 N–H and O–H groups in total. The first kappa shape index (κ1) is 12.1. The first-order valence-corrected chi connectivity index (χ1v) is 5.79. The summed E-state index contributed by atoms with van der Waals surface area (Å²) in [5.41, 5.74) is 1.31. The zero-order valence-corrected chi connectivity index (χ0v) is 9.84. The number of aryl methyl sites for hydroxylation is 1. The van der Waals surface area contributed by atoms with Gasteiger partial charge in [-0.15, -0.1) is 0 Å². The molecular formula is C12H17NOS. The van der Waals surface area contributed by atoms with Crippen molar-refractivity contribution in [3.63, 3.8) is 0 Å². The largest absolute Gasteiger partial charge is 0.353 e. The number of carbonyl (C=O) groups excluding carboxylic acids is 1. The number of rotatable bonds is 5. The predicted molar refractivity (Wildman–Crippen MR) is 66.2 cm³/mol. The summed E-state index contributed by atoms with van der Waals surface area (Å²) in [5.74, 6) is 0.259. The zero-order valence-electron chi connectivity index (χ0n) is 8.94. The molecule has 0 fully saturated rings. The summed E-state index contributed by atoms with van der Waals surface area (Å²) >= 11 is 3.92. The number of carbonyl (C=O) groups is 1. The van der Waals surface area contributed by atoms with Crippen LogP contribution < -0.4 is 5.32 Å². The van der Waals surface area contributed by atoms with E-state index in [2.05, 4.69) is 30.1 Å². The Balaban J connectivity index is 2.28. The van der Waals surface area contributed by atoms with E-state index in [0.29, 0.717) is 0 Å². The van der Waals surface area contributed by atoms with Crippen molar-refractivity contribution in [2.45, 2.75) is 25.8 Å².